The molecule has 0 heterocycles. The van der Waals surface area contributed by atoms with Gasteiger partial charge in [0.2, 0.25) is 0 Å². The van der Waals surface area contributed by atoms with Crippen LogP contribution in [-0.4, -0.2) is 25.7 Å². The van der Waals surface area contributed by atoms with Crippen LogP contribution in [0.15, 0.2) is 0 Å². The topological polar surface area (TPSA) is 24.1 Å². The molecule has 0 aliphatic heterocycles. The minimum Gasteiger partial charge on any atom is -0.319 e. The van der Waals surface area contributed by atoms with Gasteiger partial charge in [-0.3, -0.25) is 0 Å². The zero-order chi connectivity index (χ0) is 9.73. The van der Waals surface area contributed by atoms with Crippen molar-refractivity contribution in [3.05, 3.63) is 0 Å². The summed E-state index contributed by atoms with van der Waals surface area (Å²) in [5.74, 6) is 0.744. The summed E-state index contributed by atoms with van der Waals surface area (Å²) in [6.45, 7) is 6.88. The first kappa shape index (κ1) is 11.0. The third-order valence-corrected chi connectivity index (χ3v) is 3.37. The van der Waals surface area contributed by atoms with E-state index in [9.17, 15) is 0 Å². The standard InChI is InChI=1S/C11H24N2/c1-4-11(6-5-7-11)13-9-10(2)8-12-3/h10,12-13H,4-9H2,1-3H3. The van der Waals surface area contributed by atoms with Crippen LogP contribution in [0.1, 0.15) is 39.5 Å². The molecule has 1 aliphatic carbocycles. The quantitative estimate of drug-likeness (QED) is 0.657. The monoisotopic (exact) mass is 184 g/mol. The van der Waals surface area contributed by atoms with Gasteiger partial charge in [-0.15, -0.1) is 0 Å². The van der Waals surface area contributed by atoms with Crippen LogP contribution in [0.25, 0.3) is 0 Å². The van der Waals surface area contributed by atoms with Gasteiger partial charge in [-0.25, -0.2) is 0 Å². The fraction of sp³-hybridized carbons (Fsp3) is 1.00. The average Bonchev–Trinajstić information content (AvgIpc) is 2.04. The van der Waals surface area contributed by atoms with Gasteiger partial charge in [-0.2, -0.15) is 0 Å². The molecule has 0 aromatic heterocycles. The molecule has 1 rings (SSSR count). The van der Waals surface area contributed by atoms with E-state index in [1.807, 2.05) is 7.05 Å². The van der Waals surface area contributed by atoms with Gasteiger partial charge in [0.25, 0.3) is 0 Å². The molecule has 0 saturated heterocycles. The Labute approximate surface area is 82.5 Å². The van der Waals surface area contributed by atoms with Crippen molar-refractivity contribution in [2.75, 3.05) is 20.1 Å². The predicted molar refractivity (Wildman–Crippen MR) is 58.0 cm³/mol. The van der Waals surface area contributed by atoms with Crippen LogP contribution in [0.3, 0.4) is 0 Å². The molecular formula is C11H24N2. The molecule has 2 heteroatoms. The van der Waals surface area contributed by atoms with Crippen LogP contribution in [0.2, 0.25) is 0 Å². The molecule has 0 aromatic carbocycles. The van der Waals surface area contributed by atoms with Crippen molar-refractivity contribution >= 4 is 0 Å². The molecule has 1 atom stereocenters. The zero-order valence-electron chi connectivity index (χ0n) is 9.32. The third-order valence-electron chi connectivity index (χ3n) is 3.37. The van der Waals surface area contributed by atoms with Crippen molar-refractivity contribution in [3.8, 4) is 0 Å². The van der Waals surface area contributed by atoms with Crippen LogP contribution in [-0.2, 0) is 0 Å². The Kier molecular flexibility index (Phi) is 4.20. The summed E-state index contributed by atoms with van der Waals surface area (Å²) in [5.41, 5.74) is 0.516. The second-order valence-corrected chi connectivity index (χ2v) is 4.53. The number of hydrogen-bond donors (Lipinski definition) is 2. The highest BCUT2D eigenvalue weighted by molar-refractivity contribution is 4.94. The van der Waals surface area contributed by atoms with Crippen LogP contribution in [0.4, 0.5) is 0 Å². The van der Waals surface area contributed by atoms with Crippen molar-refractivity contribution in [1.82, 2.24) is 10.6 Å². The molecule has 1 aliphatic rings. The molecule has 0 bridgehead atoms. The number of hydrogen-bond acceptors (Lipinski definition) is 2. The lowest BCUT2D eigenvalue weighted by Gasteiger charge is -2.43. The Hall–Kier alpha value is -0.0800. The van der Waals surface area contributed by atoms with E-state index in [0.717, 1.165) is 19.0 Å². The maximum absolute atomic E-state index is 3.73. The van der Waals surface area contributed by atoms with E-state index in [1.165, 1.54) is 25.7 Å². The van der Waals surface area contributed by atoms with Gasteiger partial charge in [-0.05, 0) is 51.7 Å². The Morgan fingerprint density at radius 1 is 1.31 bits per heavy atom. The molecule has 0 aromatic rings. The number of rotatable bonds is 6. The Bertz CT molecular complexity index is 136. The van der Waals surface area contributed by atoms with Crippen molar-refractivity contribution < 1.29 is 0 Å². The summed E-state index contributed by atoms with van der Waals surface area (Å²) >= 11 is 0. The Morgan fingerprint density at radius 3 is 2.38 bits per heavy atom. The summed E-state index contributed by atoms with van der Waals surface area (Å²) < 4.78 is 0. The molecular weight excluding hydrogens is 160 g/mol. The molecule has 13 heavy (non-hydrogen) atoms. The summed E-state index contributed by atoms with van der Waals surface area (Å²) in [6.07, 6.45) is 5.48. The van der Waals surface area contributed by atoms with E-state index in [4.69, 9.17) is 0 Å². The summed E-state index contributed by atoms with van der Waals surface area (Å²) in [5, 5.41) is 6.94. The maximum Gasteiger partial charge on any atom is 0.0179 e. The summed E-state index contributed by atoms with van der Waals surface area (Å²) in [4.78, 5) is 0. The van der Waals surface area contributed by atoms with Gasteiger partial charge in [0.1, 0.15) is 0 Å². The van der Waals surface area contributed by atoms with Gasteiger partial charge in [0, 0.05) is 5.54 Å². The second-order valence-electron chi connectivity index (χ2n) is 4.53. The second kappa shape index (κ2) is 4.97. The highest BCUT2D eigenvalue weighted by Crippen LogP contribution is 2.34. The van der Waals surface area contributed by atoms with Gasteiger partial charge < -0.3 is 10.6 Å². The normalized spacial score (nSPS) is 22.4. The lowest BCUT2D eigenvalue weighted by molar-refractivity contribution is 0.170. The van der Waals surface area contributed by atoms with E-state index >= 15 is 0 Å². The van der Waals surface area contributed by atoms with Crippen LogP contribution < -0.4 is 10.6 Å². The molecule has 2 N–H and O–H groups in total. The SMILES string of the molecule is CCC1(NCC(C)CNC)CCC1. The van der Waals surface area contributed by atoms with Crippen molar-refractivity contribution in [2.24, 2.45) is 5.92 Å². The highest BCUT2D eigenvalue weighted by atomic mass is 15.0. The molecule has 0 spiro atoms. The highest BCUT2D eigenvalue weighted by Gasteiger charge is 2.34. The summed E-state index contributed by atoms with van der Waals surface area (Å²) in [7, 11) is 2.02. The van der Waals surface area contributed by atoms with Crippen molar-refractivity contribution in [1.29, 1.82) is 0 Å². The number of nitrogens with one attached hydrogen (secondary N) is 2. The Balaban J connectivity index is 2.16. The first-order chi connectivity index (χ1) is 6.22. The van der Waals surface area contributed by atoms with E-state index < -0.39 is 0 Å². The maximum atomic E-state index is 3.73. The minimum atomic E-state index is 0.516. The van der Waals surface area contributed by atoms with E-state index in [2.05, 4.69) is 24.5 Å². The molecule has 0 radical (unpaired) electrons. The largest absolute Gasteiger partial charge is 0.319 e. The molecule has 1 unspecified atom stereocenters. The lowest BCUT2D eigenvalue weighted by atomic mass is 9.74. The third kappa shape index (κ3) is 2.96. The van der Waals surface area contributed by atoms with Crippen molar-refractivity contribution in [3.63, 3.8) is 0 Å². The van der Waals surface area contributed by atoms with Gasteiger partial charge in [-0.1, -0.05) is 13.8 Å². The van der Waals surface area contributed by atoms with E-state index in [-0.39, 0.29) is 0 Å². The van der Waals surface area contributed by atoms with Crippen LogP contribution in [0, 0.1) is 5.92 Å². The summed E-state index contributed by atoms with van der Waals surface area (Å²) in [6, 6.07) is 0. The molecule has 78 valence electrons. The van der Waals surface area contributed by atoms with E-state index in [0.29, 0.717) is 5.54 Å². The van der Waals surface area contributed by atoms with Crippen LogP contribution >= 0.6 is 0 Å². The molecule has 1 fully saturated rings. The van der Waals surface area contributed by atoms with E-state index in [1.54, 1.807) is 0 Å². The fourth-order valence-electron chi connectivity index (χ4n) is 2.07. The molecule has 0 amide bonds. The predicted octanol–water partition coefficient (Wildman–Crippen LogP) is 1.76. The first-order valence-electron chi connectivity index (χ1n) is 5.62. The molecule has 2 nitrogen and oxygen atoms in total. The van der Waals surface area contributed by atoms with Crippen LogP contribution in [0.5, 0.6) is 0 Å². The van der Waals surface area contributed by atoms with Gasteiger partial charge in [0.15, 0.2) is 0 Å². The fourth-order valence-corrected chi connectivity index (χ4v) is 2.07. The smallest absolute Gasteiger partial charge is 0.0179 e. The first-order valence-corrected chi connectivity index (χ1v) is 5.62. The average molecular weight is 184 g/mol. The van der Waals surface area contributed by atoms with Crippen molar-refractivity contribution in [2.45, 2.75) is 45.1 Å². The van der Waals surface area contributed by atoms with Gasteiger partial charge >= 0.3 is 0 Å². The molecule has 1 saturated carbocycles. The Morgan fingerprint density at radius 2 is 2.00 bits per heavy atom. The van der Waals surface area contributed by atoms with Gasteiger partial charge in [0.05, 0.1) is 0 Å². The lowest BCUT2D eigenvalue weighted by Crippen LogP contribution is -2.52. The minimum absolute atomic E-state index is 0.516. The zero-order valence-corrected chi connectivity index (χ0v) is 9.32.